The zero-order chi connectivity index (χ0) is 12.0. The topological polar surface area (TPSA) is 121 Å². The summed E-state index contributed by atoms with van der Waals surface area (Å²) in [5.41, 5.74) is 0. The molecule has 0 aliphatic heterocycles. The van der Waals surface area contributed by atoms with Crippen LogP contribution in [0.4, 0.5) is 0 Å². The van der Waals surface area contributed by atoms with Crippen LogP contribution < -0.4 is 5.32 Å². The standard InChI is InChI=1S/C7H11N5O3S/c1-4(7-9-11-12-10-7)8-5(13)2-16-3-6(14)15/h4H,2-3H2,1H3,(H,8,13)(H,14,15)(H,9,10,11,12). The first-order valence-corrected chi connectivity index (χ1v) is 5.57. The van der Waals surface area contributed by atoms with Gasteiger partial charge in [0.05, 0.1) is 17.5 Å². The van der Waals surface area contributed by atoms with Crippen molar-refractivity contribution in [1.29, 1.82) is 0 Å². The average Bonchev–Trinajstić information content (AvgIpc) is 2.69. The lowest BCUT2D eigenvalue weighted by molar-refractivity contribution is -0.133. The largest absolute Gasteiger partial charge is 0.481 e. The zero-order valence-electron chi connectivity index (χ0n) is 8.51. The van der Waals surface area contributed by atoms with Crippen LogP contribution >= 0.6 is 11.8 Å². The molecule has 3 N–H and O–H groups in total. The highest BCUT2D eigenvalue weighted by atomic mass is 32.2. The van der Waals surface area contributed by atoms with Crippen molar-refractivity contribution in [3.05, 3.63) is 5.82 Å². The maximum Gasteiger partial charge on any atom is 0.313 e. The molecule has 0 aromatic carbocycles. The van der Waals surface area contributed by atoms with Crippen LogP contribution in [0.25, 0.3) is 0 Å². The van der Waals surface area contributed by atoms with Crippen molar-refractivity contribution in [1.82, 2.24) is 25.9 Å². The smallest absolute Gasteiger partial charge is 0.313 e. The SMILES string of the molecule is CC(NC(=O)CSCC(=O)O)c1nn[nH]n1. The molecule has 0 bridgehead atoms. The van der Waals surface area contributed by atoms with Crippen LogP contribution in [0.1, 0.15) is 18.8 Å². The number of aromatic amines is 1. The normalized spacial score (nSPS) is 12.1. The number of nitrogens with one attached hydrogen (secondary N) is 2. The molecule has 1 aromatic rings. The van der Waals surface area contributed by atoms with E-state index in [1.165, 1.54) is 0 Å². The molecule has 1 amide bonds. The Kier molecular flexibility index (Phi) is 4.70. The molecule has 0 saturated carbocycles. The number of nitrogens with zero attached hydrogens (tertiary/aromatic N) is 3. The Morgan fingerprint density at radius 3 is 2.88 bits per heavy atom. The predicted octanol–water partition coefficient (Wildman–Crippen LogP) is -0.805. The van der Waals surface area contributed by atoms with Crippen LogP contribution in [-0.2, 0) is 9.59 Å². The van der Waals surface area contributed by atoms with Crippen molar-refractivity contribution in [3.63, 3.8) is 0 Å². The average molecular weight is 245 g/mol. The van der Waals surface area contributed by atoms with Crippen LogP contribution in [0.2, 0.25) is 0 Å². The van der Waals surface area contributed by atoms with Crippen LogP contribution in [0.5, 0.6) is 0 Å². The van der Waals surface area contributed by atoms with Crippen molar-refractivity contribution < 1.29 is 14.7 Å². The van der Waals surface area contributed by atoms with Gasteiger partial charge in [-0.25, -0.2) is 0 Å². The highest BCUT2D eigenvalue weighted by molar-refractivity contribution is 8.00. The lowest BCUT2D eigenvalue weighted by Crippen LogP contribution is -2.29. The number of aromatic nitrogens is 4. The van der Waals surface area contributed by atoms with Gasteiger partial charge in [-0.15, -0.1) is 22.0 Å². The van der Waals surface area contributed by atoms with Gasteiger partial charge in [0.1, 0.15) is 0 Å². The number of H-pyrrole nitrogens is 1. The van der Waals surface area contributed by atoms with E-state index < -0.39 is 5.97 Å². The van der Waals surface area contributed by atoms with Crippen molar-refractivity contribution in [2.45, 2.75) is 13.0 Å². The molecule has 1 heterocycles. The molecular formula is C7H11N5O3S. The van der Waals surface area contributed by atoms with Gasteiger partial charge in [-0.05, 0) is 6.92 Å². The van der Waals surface area contributed by atoms with Crippen LogP contribution in [0.3, 0.4) is 0 Å². The van der Waals surface area contributed by atoms with Crippen LogP contribution in [0, 0.1) is 0 Å². The van der Waals surface area contributed by atoms with Crippen LogP contribution in [0.15, 0.2) is 0 Å². The number of carboxylic acid groups (broad SMARTS) is 1. The summed E-state index contributed by atoms with van der Waals surface area (Å²) in [5.74, 6) is -0.817. The van der Waals surface area contributed by atoms with E-state index in [4.69, 9.17) is 5.11 Å². The highest BCUT2D eigenvalue weighted by Gasteiger charge is 2.13. The van der Waals surface area contributed by atoms with Gasteiger partial charge >= 0.3 is 5.97 Å². The monoisotopic (exact) mass is 245 g/mol. The Labute approximate surface area is 95.2 Å². The summed E-state index contributed by atoms with van der Waals surface area (Å²) >= 11 is 1.03. The second-order valence-electron chi connectivity index (χ2n) is 2.95. The summed E-state index contributed by atoms with van der Waals surface area (Å²) in [4.78, 5) is 21.5. The molecule has 0 aliphatic carbocycles. The van der Waals surface area contributed by atoms with E-state index in [0.717, 1.165) is 11.8 Å². The summed E-state index contributed by atoms with van der Waals surface area (Å²) < 4.78 is 0. The molecule has 16 heavy (non-hydrogen) atoms. The number of carbonyl (C=O) groups is 2. The second-order valence-corrected chi connectivity index (χ2v) is 3.93. The van der Waals surface area contributed by atoms with E-state index >= 15 is 0 Å². The minimum atomic E-state index is -0.941. The van der Waals surface area contributed by atoms with E-state index in [1.807, 2.05) is 0 Å². The summed E-state index contributed by atoms with van der Waals surface area (Å²) in [6.07, 6.45) is 0. The molecule has 0 aliphatic rings. The number of hydrogen-bond donors (Lipinski definition) is 3. The molecule has 1 rings (SSSR count). The van der Waals surface area contributed by atoms with Gasteiger partial charge in [0.15, 0.2) is 5.82 Å². The Morgan fingerprint density at radius 1 is 1.56 bits per heavy atom. The second kappa shape index (κ2) is 6.05. The molecule has 9 heteroatoms. The fourth-order valence-electron chi connectivity index (χ4n) is 0.932. The van der Waals surface area contributed by atoms with Gasteiger partial charge < -0.3 is 10.4 Å². The third kappa shape index (κ3) is 4.26. The lowest BCUT2D eigenvalue weighted by Gasteiger charge is -2.08. The number of hydrogen-bond acceptors (Lipinski definition) is 6. The number of amides is 1. The quantitative estimate of drug-likeness (QED) is 0.599. The third-order valence-electron chi connectivity index (χ3n) is 1.59. The molecule has 0 saturated heterocycles. The van der Waals surface area contributed by atoms with Gasteiger partial charge in [0.25, 0.3) is 0 Å². The number of thioether (sulfide) groups is 1. The van der Waals surface area contributed by atoms with Gasteiger partial charge in [-0.1, -0.05) is 5.21 Å². The summed E-state index contributed by atoms with van der Waals surface area (Å²) in [5, 5.41) is 24.1. The fraction of sp³-hybridized carbons (Fsp3) is 0.571. The van der Waals surface area contributed by atoms with Crippen molar-refractivity contribution in [3.8, 4) is 0 Å². The molecule has 8 nitrogen and oxygen atoms in total. The number of carboxylic acids is 1. The Balaban J connectivity index is 2.26. The first-order chi connectivity index (χ1) is 7.59. The molecule has 0 radical (unpaired) electrons. The van der Waals surface area contributed by atoms with E-state index in [-0.39, 0.29) is 23.5 Å². The molecule has 0 fully saturated rings. The molecule has 1 atom stereocenters. The Hall–Kier alpha value is -1.64. The molecule has 88 valence electrons. The molecule has 0 spiro atoms. The van der Waals surface area contributed by atoms with E-state index in [0.29, 0.717) is 5.82 Å². The van der Waals surface area contributed by atoms with Crippen molar-refractivity contribution in [2.75, 3.05) is 11.5 Å². The van der Waals surface area contributed by atoms with Gasteiger partial charge in [0.2, 0.25) is 5.91 Å². The maximum absolute atomic E-state index is 11.3. The summed E-state index contributed by atoms with van der Waals surface area (Å²) in [6, 6.07) is -0.350. The number of aliphatic carboxylic acids is 1. The van der Waals surface area contributed by atoms with E-state index in [1.54, 1.807) is 6.92 Å². The summed E-state index contributed by atoms with van der Waals surface area (Å²) in [7, 11) is 0. The van der Waals surface area contributed by atoms with Crippen LogP contribution in [-0.4, -0.2) is 49.1 Å². The lowest BCUT2D eigenvalue weighted by atomic mass is 10.3. The first-order valence-electron chi connectivity index (χ1n) is 4.42. The van der Waals surface area contributed by atoms with Gasteiger partial charge in [0, 0.05) is 0 Å². The number of rotatable bonds is 6. The Morgan fingerprint density at radius 2 is 2.31 bits per heavy atom. The minimum Gasteiger partial charge on any atom is -0.481 e. The maximum atomic E-state index is 11.3. The molecule has 1 unspecified atom stereocenters. The van der Waals surface area contributed by atoms with Crippen molar-refractivity contribution >= 4 is 23.6 Å². The Bertz CT molecular complexity index is 355. The molecular weight excluding hydrogens is 234 g/mol. The fourth-order valence-corrected chi connectivity index (χ4v) is 1.48. The molecule has 1 aromatic heterocycles. The van der Waals surface area contributed by atoms with Gasteiger partial charge in [-0.3, -0.25) is 9.59 Å². The zero-order valence-corrected chi connectivity index (χ0v) is 9.32. The van der Waals surface area contributed by atoms with Gasteiger partial charge in [-0.2, -0.15) is 5.21 Å². The van der Waals surface area contributed by atoms with E-state index in [9.17, 15) is 9.59 Å². The number of tetrazole rings is 1. The predicted molar refractivity (Wildman–Crippen MR) is 55.7 cm³/mol. The third-order valence-corrected chi connectivity index (χ3v) is 2.50. The summed E-state index contributed by atoms with van der Waals surface area (Å²) in [6.45, 7) is 1.71. The highest BCUT2D eigenvalue weighted by Crippen LogP contribution is 2.05. The van der Waals surface area contributed by atoms with E-state index in [2.05, 4.69) is 25.9 Å². The minimum absolute atomic E-state index is 0.0918. The van der Waals surface area contributed by atoms with Crippen molar-refractivity contribution in [2.24, 2.45) is 0 Å². The number of carbonyl (C=O) groups excluding carboxylic acids is 1. The first kappa shape index (κ1) is 12.4.